The number of benzene rings is 1. The Balaban J connectivity index is 2.36. The lowest BCUT2D eigenvalue weighted by atomic mass is 9.89. The normalized spacial score (nSPS) is 13.8. The van der Waals surface area contributed by atoms with Gasteiger partial charge in [-0.15, -0.1) is 0 Å². The highest BCUT2D eigenvalue weighted by atomic mass is 79.9. The molecule has 18 heavy (non-hydrogen) atoms. The average molecular weight is 306 g/mol. The molecule has 2 aromatic rings. The SMILES string of the molecule is Cc1cc2ccccc2nc1CC(Br)C(C)(C)C. The minimum absolute atomic E-state index is 0.250. The van der Waals surface area contributed by atoms with Gasteiger partial charge in [0.2, 0.25) is 0 Å². The van der Waals surface area contributed by atoms with Crippen molar-refractivity contribution in [3.8, 4) is 0 Å². The lowest BCUT2D eigenvalue weighted by Crippen LogP contribution is -2.23. The molecule has 1 heterocycles. The summed E-state index contributed by atoms with van der Waals surface area (Å²) in [5, 5.41) is 1.22. The smallest absolute Gasteiger partial charge is 0.0705 e. The number of hydrogen-bond donors (Lipinski definition) is 0. The maximum Gasteiger partial charge on any atom is 0.0705 e. The van der Waals surface area contributed by atoms with Gasteiger partial charge in [0.15, 0.2) is 0 Å². The van der Waals surface area contributed by atoms with Crippen molar-refractivity contribution in [2.45, 2.75) is 38.9 Å². The summed E-state index contributed by atoms with van der Waals surface area (Å²) in [7, 11) is 0. The van der Waals surface area contributed by atoms with Gasteiger partial charge in [0, 0.05) is 22.3 Å². The molecule has 0 aliphatic rings. The third-order valence-corrected chi connectivity index (χ3v) is 5.03. The standard InChI is InChI=1S/C16H20BrN/c1-11-9-12-7-5-6-8-13(12)18-14(11)10-15(17)16(2,3)4/h5-9,15H,10H2,1-4H3. The minimum Gasteiger partial charge on any atom is -0.253 e. The first-order chi connectivity index (χ1) is 8.38. The number of para-hydroxylation sites is 1. The summed E-state index contributed by atoms with van der Waals surface area (Å²) in [6.45, 7) is 8.91. The van der Waals surface area contributed by atoms with Crippen molar-refractivity contribution in [2.24, 2.45) is 5.41 Å². The van der Waals surface area contributed by atoms with Crippen LogP contribution in [-0.2, 0) is 6.42 Å². The Bertz CT molecular complexity index is 555. The molecule has 2 heteroatoms. The summed E-state index contributed by atoms with van der Waals surface area (Å²) in [6.07, 6.45) is 0.972. The van der Waals surface area contributed by atoms with Crippen LogP contribution in [0.4, 0.5) is 0 Å². The van der Waals surface area contributed by atoms with Gasteiger partial charge in [0.25, 0.3) is 0 Å². The van der Waals surface area contributed by atoms with E-state index < -0.39 is 0 Å². The number of hydrogen-bond acceptors (Lipinski definition) is 1. The van der Waals surface area contributed by atoms with Crippen LogP contribution in [0, 0.1) is 12.3 Å². The van der Waals surface area contributed by atoms with Crippen LogP contribution >= 0.6 is 15.9 Å². The molecule has 0 saturated carbocycles. The fourth-order valence-electron chi connectivity index (χ4n) is 1.94. The van der Waals surface area contributed by atoms with E-state index in [2.05, 4.69) is 67.9 Å². The first-order valence-electron chi connectivity index (χ1n) is 6.37. The summed E-state index contributed by atoms with van der Waals surface area (Å²) in [5.41, 5.74) is 3.82. The molecule has 0 fully saturated rings. The average Bonchev–Trinajstić information content (AvgIpc) is 2.28. The minimum atomic E-state index is 0.250. The molecule has 1 atom stereocenters. The molecule has 1 aromatic carbocycles. The van der Waals surface area contributed by atoms with E-state index >= 15 is 0 Å². The second-order valence-electron chi connectivity index (χ2n) is 5.98. The van der Waals surface area contributed by atoms with Crippen LogP contribution in [0.3, 0.4) is 0 Å². The Hall–Kier alpha value is -0.890. The molecule has 0 spiro atoms. The Kier molecular flexibility index (Phi) is 3.76. The molecule has 0 bridgehead atoms. The van der Waals surface area contributed by atoms with E-state index in [9.17, 15) is 0 Å². The highest BCUT2D eigenvalue weighted by Gasteiger charge is 2.23. The number of aromatic nitrogens is 1. The zero-order valence-electron chi connectivity index (χ0n) is 11.5. The molecule has 1 nitrogen and oxygen atoms in total. The molecule has 2 rings (SSSR count). The van der Waals surface area contributed by atoms with E-state index in [4.69, 9.17) is 4.98 Å². The molecule has 96 valence electrons. The largest absolute Gasteiger partial charge is 0.253 e. The summed E-state index contributed by atoms with van der Waals surface area (Å²) in [6, 6.07) is 10.5. The topological polar surface area (TPSA) is 12.9 Å². The zero-order chi connectivity index (χ0) is 13.3. The van der Waals surface area contributed by atoms with Crippen LogP contribution < -0.4 is 0 Å². The summed E-state index contributed by atoms with van der Waals surface area (Å²) in [5.74, 6) is 0. The van der Waals surface area contributed by atoms with Crippen molar-refractivity contribution < 1.29 is 0 Å². The maximum atomic E-state index is 4.80. The lowest BCUT2D eigenvalue weighted by Gasteiger charge is -2.25. The number of fused-ring (bicyclic) bond motifs is 1. The monoisotopic (exact) mass is 305 g/mol. The fourth-order valence-corrected chi connectivity index (χ4v) is 2.25. The number of halogens is 1. The Morgan fingerprint density at radius 3 is 2.56 bits per heavy atom. The second kappa shape index (κ2) is 5.00. The van der Waals surface area contributed by atoms with Crippen LogP contribution in [0.1, 0.15) is 32.0 Å². The molecular weight excluding hydrogens is 286 g/mol. The van der Waals surface area contributed by atoms with Crippen molar-refractivity contribution in [1.29, 1.82) is 0 Å². The quantitative estimate of drug-likeness (QED) is 0.719. The van der Waals surface area contributed by atoms with Crippen molar-refractivity contribution >= 4 is 26.8 Å². The van der Waals surface area contributed by atoms with Crippen molar-refractivity contribution in [3.05, 3.63) is 41.6 Å². The first kappa shape index (κ1) is 13.5. The molecule has 0 aliphatic heterocycles. The number of aryl methyl sites for hydroxylation is 1. The molecule has 0 N–H and O–H groups in total. The highest BCUT2D eigenvalue weighted by molar-refractivity contribution is 9.09. The Labute approximate surface area is 118 Å². The van der Waals surface area contributed by atoms with Gasteiger partial charge in [-0.2, -0.15) is 0 Å². The van der Waals surface area contributed by atoms with Crippen LogP contribution in [0.25, 0.3) is 10.9 Å². The third kappa shape index (κ3) is 2.92. The van der Waals surface area contributed by atoms with Crippen LogP contribution in [0.15, 0.2) is 30.3 Å². The second-order valence-corrected chi connectivity index (χ2v) is 7.09. The Morgan fingerprint density at radius 1 is 1.22 bits per heavy atom. The molecule has 0 saturated heterocycles. The van der Waals surface area contributed by atoms with Gasteiger partial charge < -0.3 is 0 Å². The number of nitrogens with zero attached hydrogens (tertiary/aromatic N) is 1. The first-order valence-corrected chi connectivity index (χ1v) is 7.29. The maximum absolute atomic E-state index is 4.80. The summed E-state index contributed by atoms with van der Waals surface area (Å²) < 4.78 is 0. The summed E-state index contributed by atoms with van der Waals surface area (Å²) >= 11 is 3.79. The van der Waals surface area contributed by atoms with Gasteiger partial charge in [0.05, 0.1) is 5.52 Å². The van der Waals surface area contributed by atoms with E-state index in [-0.39, 0.29) is 5.41 Å². The van der Waals surface area contributed by atoms with Crippen LogP contribution in [0.2, 0.25) is 0 Å². The van der Waals surface area contributed by atoms with E-state index in [1.807, 2.05) is 6.07 Å². The molecule has 0 radical (unpaired) electrons. The van der Waals surface area contributed by atoms with E-state index in [0.717, 1.165) is 11.9 Å². The molecule has 1 unspecified atom stereocenters. The van der Waals surface area contributed by atoms with Gasteiger partial charge in [-0.1, -0.05) is 54.9 Å². The van der Waals surface area contributed by atoms with E-state index in [1.54, 1.807) is 0 Å². The molecule has 0 aliphatic carbocycles. The highest BCUT2D eigenvalue weighted by Crippen LogP contribution is 2.30. The van der Waals surface area contributed by atoms with Crippen molar-refractivity contribution in [1.82, 2.24) is 4.98 Å². The predicted molar refractivity (Wildman–Crippen MR) is 82.4 cm³/mol. The van der Waals surface area contributed by atoms with Crippen molar-refractivity contribution in [2.75, 3.05) is 0 Å². The zero-order valence-corrected chi connectivity index (χ0v) is 13.1. The molecular formula is C16H20BrN. The lowest BCUT2D eigenvalue weighted by molar-refractivity contribution is 0.396. The van der Waals surface area contributed by atoms with Crippen LogP contribution in [-0.4, -0.2) is 9.81 Å². The number of pyridine rings is 1. The van der Waals surface area contributed by atoms with Gasteiger partial charge in [0.1, 0.15) is 0 Å². The Morgan fingerprint density at radius 2 is 1.89 bits per heavy atom. The van der Waals surface area contributed by atoms with E-state index in [1.165, 1.54) is 16.6 Å². The predicted octanol–water partition coefficient (Wildman–Crippen LogP) is 4.90. The van der Waals surface area contributed by atoms with E-state index in [0.29, 0.717) is 4.83 Å². The third-order valence-electron chi connectivity index (χ3n) is 3.33. The van der Waals surface area contributed by atoms with Gasteiger partial charge >= 0.3 is 0 Å². The molecule has 0 amide bonds. The number of rotatable bonds is 2. The van der Waals surface area contributed by atoms with Gasteiger partial charge in [-0.05, 0) is 30.0 Å². The number of alkyl halides is 1. The fraction of sp³-hybridized carbons (Fsp3) is 0.438. The summed E-state index contributed by atoms with van der Waals surface area (Å²) in [4.78, 5) is 5.24. The van der Waals surface area contributed by atoms with Gasteiger partial charge in [-0.3, -0.25) is 4.98 Å². The van der Waals surface area contributed by atoms with Gasteiger partial charge in [-0.25, -0.2) is 0 Å². The van der Waals surface area contributed by atoms with Crippen molar-refractivity contribution in [3.63, 3.8) is 0 Å². The molecule has 1 aromatic heterocycles. The van der Waals surface area contributed by atoms with Crippen LogP contribution in [0.5, 0.6) is 0 Å².